The lowest BCUT2D eigenvalue weighted by Gasteiger charge is -2.29. The zero-order valence-corrected chi connectivity index (χ0v) is 13.2. The maximum atomic E-state index is 9.42. The van der Waals surface area contributed by atoms with Gasteiger partial charge in [-0.05, 0) is 33.3 Å². The van der Waals surface area contributed by atoms with Gasteiger partial charge in [0.05, 0.1) is 6.07 Å². The minimum Gasteiger partial charge on any atom is -0.492 e. The summed E-state index contributed by atoms with van der Waals surface area (Å²) >= 11 is 0. The number of nitrogens with one attached hydrogen (secondary N) is 1. The Morgan fingerprint density at radius 3 is 2.90 bits per heavy atom. The smallest absolute Gasteiger partial charge is 0.123 e. The van der Waals surface area contributed by atoms with Gasteiger partial charge in [-0.2, -0.15) is 5.26 Å². The second-order valence-corrected chi connectivity index (χ2v) is 6.23. The Morgan fingerprint density at radius 2 is 2.19 bits per heavy atom. The van der Waals surface area contributed by atoms with Crippen molar-refractivity contribution in [2.45, 2.75) is 45.3 Å². The number of benzene rings is 1. The van der Waals surface area contributed by atoms with E-state index in [1.807, 2.05) is 25.1 Å². The molecule has 0 radical (unpaired) electrons. The Morgan fingerprint density at radius 1 is 1.43 bits per heavy atom. The van der Waals surface area contributed by atoms with E-state index in [1.165, 1.54) is 5.56 Å². The highest BCUT2D eigenvalue weighted by Crippen LogP contribution is 2.23. The first kappa shape index (κ1) is 15.8. The number of fused-ring (bicyclic) bond motifs is 1. The Hall–Kier alpha value is -1.57. The van der Waals surface area contributed by atoms with E-state index >= 15 is 0 Å². The third kappa shape index (κ3) is 4.45. The molecule has 4 nitrogen and oxygen atoms in total. The summed E-state index contributed by atoms with van der Waals surface area (Å²) in [6.07, 6.45) is 0.809. The van der Waals surface area contributed by atoms with E-state index in [4.69, 9.17) is 4.74 Å². The van der Waals surface area contributed by atoms with Gasteiger partial charge in [0.15, 0.2) is 0 Å². The largest absolute Gasteiger partial charge is 0.492 e. The molecule has 1 heterocycles. The van der Waals surface area contributed by atoms with Gasteiger partial charge >= 0.3 is 0 Å². The first-order valence-electron chi connectivity index (χ1n) is 7.64. The van der Waals surface area contributed by atoms with Crippen LogP contribution in [0, 0.1) is 11.3 Å². The first-order valence-corrected chi connectivity index (χ1v) is 7.64. The highest BCUT2D eigenvalue weighted by molar-refractivity contribution is 5.33. The molecule has 1 N–H and O–H groups in total. The van der Waals surface area contributed by atoms with Gasteiger partial charge in [-0.25, -0.2) is 0 Å². The van der Waals surface area contributed by atoms with Crippen LogP contribution in [0.4, 0.5) is 0 Å². The Labute approximate surface area is 127 Å². The lowest BCUT2D eigenvalue weighted by Crippen LogP contribution is -2.47. The Kier molecular flexibility index (Phi) is 5.22. The Bertz CT molecular complexity index is 509. The number of hydrogen-bond acceptors (Lipinski definition) is 4. The molecule has 1 aliphatic rings. The molecule has 0 amide bonds. The summed E-state index contributed by atoms with van der Waals surface area (Å²) in [6, 6.07) is 10.9. The minimum atomic E-state index is -0.471. The standard InChI is InChI=1S/C17H25N3O/c1-14(2)19-17(3,13-18)8-9-20-10-11-21-16-7-5-4-6-15(16)12-20/h4-7,14,19H,8-12H2,1-3H3. The summed E-state index contributed by atoms with van der Waals surface area (Å²) < 4.78 is 5.78. The monoisotopic (exact) mass is 287 g/mol. The van der Waals surface area contributed by atoms with Crippen molar-refractivity contribution in [3.63, 3.8) is 0 Å². The lowest BCUT2D eigenvalue weighted by atomic mass is 9.98. The SMILES string of the molecule is CC(C)NC(C)(C#N)CCN1CCOc2ccccc2C1. The first-order chi connectivity index (χ1) is 10.0. The molecule has 0 spiro atoms. The van der Waals surface area contributed by atoms with E-state index in [9.17, 15) is 5.26 Å². The lowest BCUT2D eigenvalue weighted by molar-refractivity contribution is 0.207. The van der Waals surface area contributed by atoms with E-state index in [2.05, 4.69) is 36.2 Å². The number of para-hydroxylation sites is 1. The summed E-state index contributed by atoms with van der Waals surface area (Å²) in [6.45, 7) is 9.52. The molecule has 1 aromatic rings. The van der Waals surface area contributed by atoms with Crippen molar-refractivity contribution in [1.82, 2.24) is 10.2 Å². The van der Waals surface area contributed by atoms with Crippen molar-refractivity contribution < 1.29 is 4.74 Å². The van der Waals surface area contributed by atoms with Crippen molar-refractivity contribution in [2.24, 2.45) is 0 Å². The molecule has 2 rings (SSSR count). The predicted octanol–water partition coefficient (Wildman–Crippen LogP) is 2.55. The third-order valence-corrected chi connectivity index (χ3v) is 3.81. The molecular formula is C17H25N3O. The normalized spacial score (nSPS) is 18.2. The maximum absolute atomic E-state index is 9.42. The van der Waals surface area contributed by atoms with Crippen molar-refractivity contribution in [2.75, 3.05) is 19.7 Å². The van der Waals surface area contributed by atoms with Crippen LogP contribution in [-0.4, -0.2) is 36.2 Å². The molecule has 1 aromatic carbocycles. The van der Waals surface area contributed by atoms with E-state index in [1.54, 1.807) is 0 Å². The second kappa shape index (κ2) is 6.93. The average molecular weight is 287 g/mol. The van der Waals surface area contributed by atoms with Gasteiger partial charge in [0, 0.05) is 31.2 Å². The summed E-state index contributed by atoms with van der Waals surface area (Å²) in [5, 5.41) is 12.8. The molecule has 0 saturated heterocycles. The quantitative estimate of drug-likeness (QED) is 0.904. The molecule has 114 valence electrons. The predicted molar refractivity (Wildman–Crippen MR) is 84.1 cm³/mol. The van der Waals surface area contributed by atoms with Crippen LogP contribution in [0.15, 0.2) is 24.3 Å². The molecule has 0 aliphatic carbocycles. The molecule has 1 unspecified atom stereocenters. The van der Waals surface area contributed by atoms with Gasteiger partial charge in [-0.3, -0.25) is 10.2 Å². The molecule has 0 fully saturated rings. The van der Waals surface area contributed by atoms with E-state index in [0.717, 1.165) is 31.8 Å². The number of nitrogens with zero attached hydrogens (tertiary/aromatic N) is 2. The van der Waals surface area contributed by atoms with Crippen LogP contribution in [0.3, 0.4) is 0 Å². The molecule has 1 aliphatic heterocycles. The average Bonchev–Trinajstić information content (AvgIpc) is 2.66. The van der Waals surface area contributed by atoms with Crippen LogP contribution in [0.25, 0.3) is 0 Å². The summed E-state index contributed by atoms with van der Waals surface area (Å²) in [7, 11) is 0. The van der Waals surface area contributed by atoms with Gasteiger partial charge in [0.25, 0.3) is 0 Å². The fourth-order valence-electron chi connectivity index (χ4n) is 2.75. The summed E-state index contributed by atoms with van der Waals surface area (Å²) in [5.41, 5.74) is 0.756. The number of hydrogen-bond donors (Lipinski definition) is 1. The zero-order chi connectivity index (χ0) is 15.3. The highest BCUT2D eigenvalue weighted by Gasteiger charge is 2.25. The molecule has 21 heavy (non-hydrogen) atoms. The fraction of sp³-hybridized carbons (Fsp3) is 0.588. The number of nitriles is 1. The Balaban J connectivity index is 1.96. The van der Waals surface area contributed by atoms with Gasteiger partial charge in [0.1, 0.15) is 17.9 Å². The van der Waals surface area contributed by atoms with Crippen molar-refractivity contribution >= 4 is 0 Å². The molecular weight excluding hydrogens is 262 g/mol. The summed E-state index contributed by atoms with van der Waals surface area (Å²) in [4.78, 5) is 2.36. The van der Waals surface area contributed by atoms with E-state index in [0.29, 0.717) is 12.6 Å². The van der Waals surface area contributed by atoms with Crippen molar-refractivity contribution in [1.29, 1.82) is 5.26 Å². The van der Waals surface area contributed by atoms with Crippen molar-refractivity contribution in [3.05, 3.63) is 29.8 Å². The van der Waals surface area contributed by atoms with E-state index in [-0.39, 0.29) is 0 Å². The zero-order valence-electron chi connectivity index (χ0n) is 13.2. The van der Waals surface area contributed by atoms with Crippen LogP contribution in [0.5, 0.6) is 5.75 Å². The molecule has 0 aromatic heterocycles. The molecule has 0 saturated carbocycles. The van der Waals surface area contributed by atoms with Crippen LogP contribution < -0.4 is 10.1 Å². The fourth-order valence-corrected chi connectivity index (χ4v) is 2.75. The van der Waals surface area contributed by atoms with Gasteiger partial charge in [0.2, 0.25) is 0 Å². The van der Waals surface area contributed by atoms with Crippen LogP contribution in [0.1, 0.15) is 32.8 Å². The van der Waals surface area contributed by atoms with Gasteiger partial charge < -0.3 is 4.74 Å². The highest BCUT2D eigenvalue weighted by atomic mass is 16.5. The topological polar surface area (TPSA) is 48.3 Å². The van der Waals surface area contributed by atoms with Gasteiger partial charge in [-0.15, -0.1) is 0 Å². The van der Waals surface area contributed by atoms with Crippen molar-refractivity contribution in [3.8, 4) is 11.8 Å². The number of rotatable bonds is 5. The van der Waals surface area contributed by atoms with Gasteiger partial charge in [-0.1, -0.05) is 18.2 Å². The van der Waals surface area contributed by atoms with Crippen LogP contribution in [-0.2, 0) is 6.54 Å². The minimum absolute atomic E-state index is 0.308. The second-order valence-electron chi connectivity index (χ2n) is 6.23. The third-order valence-electron chi connectivity index (χ3n) is 3.81. The molecule has 1 atom stereocenters. The van der Waals surface area contributed by atoms with Crippen LogP contribution >= 0.6 is 0 Å². The number of ether oxygens (including phenoxy) is 1. The van der Waals surface area contributed by atoms with E-state index < -0.39 is 5.54 Å². The molecule has 0 bridgehead atoms. The molecule has 4 heteroatoms. The maximum Gasteiger partial charge on any atom is 0.123 e. The van der Waals surface area contributed by atoms with Crippen LogP contribution in [0.2, 0.25) is 0 Å². The summed E-state index contributed by atoms with van der Waals surface area (Å²) in [5.74, 6) is 0.989.